The minimum absolute atomic E-state index is 0.609. The topological polar surface area (TPSA) is 24.5 Å². The molecule has 1 heterocycles. The minimum Gasteiger partial charge on any atom is -0.366 e. The highest BCUT2D eigenvalue weighted by Gasteiger charge is 2.08. The summed E-state index contributed by atoms with van der Waals surface area (Å²) in [5, 5.41) is 3.42. The zero-order valence-corrected chi connectivity index (χ0v) is 8.88. The van der Waals surface area contributed by atoms with Gasteiger partial charge in [-0.3, -0.25) is 4.90 Å². The predicted octanol–water partition coefficient (Wildman–Crippen LogP) is 1.05. The Morgan fingerprint density at radius 2 is 2.31 bits per heavy atom. The van der Waals surface area contributed by atoms with E-state index in [4.69, 9.17) is 4.74 Å². The van der Waals surface area contributed by atoms with Crippen molar-refractivity contribution in [1.29, 1.82) is 0 Å². The third-order valence-corrected chi connectivity index (χ3v) is 2.24. The van der Waals surface area contributed by atoms with Crippen LogP contribution in [0.1, 0.15) is 26.7 Å². The van der Waals surface area contributed by atoms with E-state index in [0.29, 0.717) is 6.04 Å². The van der Waals surface area contributed by atoms with Gasteiger partial charge in [0.2, 0.25) is 0 Å². The quantitative estimate of drug-likeness (QED) is 0.650. The van der Waals surface area contributed by atoms with Crippen molar-refractivity contribution in [1.82, 2.24) is 10.2 Å². The molecule has 0 aromatic heterocycles. The summed E-state index contributed by atoms with van der Waals surface area (Å²) in [7, 11) is 0. The van der Waals surface area contributed by atoms with Gasteiger partial charge in [0.25, 0.3) is 0 Å². The molecule has 0 aromatic carbocycles. The molecule has 0 radical (unpaired) electrons. The average Bonchev–Trinajstić information content (AvgIpc) is 2.14. The second-order valence-electron chi connectivity index (χ2n) is 3.97. The number of hydrogen-bond donors (Lipinski definition) is 1. The van der Waals surface area contributed by atoms with Crippen molar-refractivity contribution in [3.63, 3.8) is 0 Å². The number of nitrogens with zero attached hydrogens (tertiary/aromatic N) is 1. The van der Waals surface area contributed by atoms with Crippen molar-refractivity contribution in [2.45, 2.75) is 32.7 Å². The van der Waals surface area contributed by atoms with Crippen LogP contribution in [-0.2, 0) is 4.74 Å². The zero-order valence-electron chi connectivity index (χ0n) is 8.88. The fourth-order valence-electron chi connectivity index (χ4n) is 1.52. The Balaban J connectivity index is 1.92. The zero-order chi connectivity index (χ0) is 9.52. The van der Waals surface area contributed by atoms with E-state index in [9.17, 15) is 0 Å². The summed E-state index contributed by atoms with van der Waals surface area (Å²) in [5.41, 5.74) is 0. The lowest BCUT2D eigenvalue weighted by atomic mass is 10.3. The molecule has 1 N–H and O–H groups in total. The fraction of sp³-hybridized carbons (Fsp3) is 1.00. The molecule has 0 amide bonds. The van der Waals surface area contributed by atoms with Gasteiger partial charge in [-0.25, -0.2) is 0 Å². The summed E-state index contributed by atoms with van der Waals surface area (Å²) in [5.74, 6) is 0. The van der Waals surface area contributed by atoms with Crippen LogP contribution in [-0.4, -0.2) is 43.9 Å². The van der Waals surface area contributed by atoms with Crippen molar-refractivity contribution in [3.8, 4) is 0 Å². The molecule has 1 saturated heterocycles. The van der Waals surface area contributed by atoms with E-state index in [1.54, 1.807) is 0 Å². The van der Waals surface area contributed by atoms with Crippen LogP contribution in [0.2, 0.25) is 0 Å². The number of nitrogens with one attached hydrogen (secondary N) is 1. The Hall–Kier alpha value is -0.120. The largest absolute Gasteiger partial charge is 0.366 e. The molecule has 0 spiro atoms. The van der Waals surface area contributed by atoms with Crippen LogP contribution in [0.5, 0.6) is 0 Å². The molecule has 1 aliphatic heterocycles. The molecule has 13 heavy (non-hydrogen) atoms. The van der Waals surface area contributed by atoms with Crippen LogP contribution in [0.3, 0.4) is 0 Å². The fourth-order valence-corrected chi connectivity index (χ4v) is 1.52. The highest BCUT2D eigenvalue weighted by Crippen LogP contribution is 2.01. The first kappa shape index (κ1) is 11.0. The Bertz CT molecular complexity index is 122. The van der Waals surface area contributed by atoms with Crippen molar-refractivity contribution >= 4 is 0 Å². The van der Waals surface area contributed by atoms with Gasteiger partial charge < -0.3 is 10.1 Å². The maximum atomic E-state index is 5.37. The third-order valence-electron chi connectivity index (χ3n) is 2.24. The van der Waals surface area contributed by atoms with Gasteiger partial charge in [-0.1, -0.05) is 13.8 Å². The van der Waals surface area contributed by atoms with Crippen LogP contribution in [0, 0.1) is 0 Å². The van der Waals surface area contributed by atoms with Crippen molar-refractivity contribution in [2.75, 3.05) is 33.0 Å². The van der Waals surface area contributed by atoms with E-state index in [2.05, 4.69) is 24.1 Å². The van der Waals surface area contributed by atoms with Crippen molar-refractivity contribution < 1.29 is 4.74 Å². The molecule has 78 valence electrons. The van der Waals surface area contributed by atoms with Gasteiger partial charge in [0.05, 0.1) is 6.73 Å². The second-order valence-corrected chi connectivity index (χ2v) is 3.97. The minimum atomic E-state index is 0.609. The van der Waals surface area contributed by atoms with E-state index >= 15 is 0 Å². The number of rotatable bonds is 5. The van der Waals surface area contributed by atoms with Crippen LogP contribution in [0.4, 0.5) is 0 Å². The van der Waals surface area contributed by atoms with Crippen LogP contribution >= 0.6 is 0 Å². The first-order chi connectivity index (χ1) is 6.29. The molecule has 1 fully saturated rings. The van der Waals surface area contributed by atoms with Crippen molar-refractivity contribution in [3.05, 3.63) is 0 Å². The van der Waals surface area contributed by atoms with Gasteiger partial charge in [-0.15, -0.1) is 0 Å². The van der Waals surface area contributed by atoms with Gasteiger partial charge in [0.1, 0.15) is 0 Å². The second kappa shape index (κ2) is 6.35. The highest BCUT2D eigenvalue weighted by molar-refractivity contribution is 4.60. The highest BCUT2D eigenvalue weighted by atomic mass is 16.5. The smallest absolute Gasteiger partial charge is 0.0990 e. The third kappa shape index (κ3) is 5.24. The van der Waals surface area contributed by atoms with Gasteiger partial charge in [0.15, 0.2) is 0 Å². The van der Waals surface area contributed by atoms with E-state index in [0.717, 1.165) is 19.9 Å². The standard InChI is InChI=1S/C10H22N2O/c1-10(2)11-5-3-6-12-7-4-8-13-9-12/h10-11H,3-9H2,1-2H3. The first-order valence-corrected chi connectivity index (χ1v) is 5.32. The SMILES string of the molecule is CC(C)NCCCN1CCCOC1. The molecule has 3 heteroatoms. The molecule has 3 nitrogen and oxygen atoms in total. The molecular weight excluding hydrogens is 164 g/mol. The van der Waals surface area contributed by atoms with Crippen LogP contribution in [0.15, 0.2) is 0 Å². The average molecular weight is 186 g/mol. The summed E-state index contributed by atoms with van der Waals surface area (Å²) in [6, 6.07) is 0.609. The Morgan fingerprint density at radius 1 is 1.46 bits per heavy atom. The molecule has 0 saturated carbocycles. The molecule has 1 aliphatic rings. The maximum Gasteiger partial charge on any atom is 0.0990 e. The van der Waals surface area contributed by atoms with Gasteiger partial charge in [0, 0.05) is 25.7 Å². The number of ether oxygens (including phenoxy) is 1. The lowest BCUT2D eigenvalue weighted by Crippen LogP contribution is -2.35. The molecule has 0 aromatic rings. The molecule has 1 rings (SSSR count). The lowest BCUT2D eigenvalue weighted by Gasteiger charge is -2.26. The van der Waals surface area contributed by atoms with Gasteiger partial charge in [-0.05, 0) is 19.4 Å². The maximum absolute atomic E-state index is 5.37. The molecule has 0 bridgehead atoms. The summed E-state index contributed by atoms with van der Waals surface area (Å²) < 4.78 is 5.37. The molecule has 0 atom stereocenters. The molecule has 0 aliphatic carbocycles. The summed E-state index contributed by atoms with van der Waals surface area (Å²) in [4.78, 5) is 2.38. The molecular formula is C10H22N2O. The van der Waals surface area contributed by atoms with Gasteiger partial charge in [-0.2, -0.15) is 0 Å². The van der Waals surface area contributed by atoms with E-state index in [1.165, 1.54) is 25.9 Å². The summed E-state index contributed by atoms with van der Waals surface area (Å²) >= 11 is 0. The summed E-state index contributed by atoms with van der Waals surface area (Å²) in [6.45, 7) is 9.64. The van der Waals surface area contributed by atoms with E-state index in [-0.39, 0.29) is 0 Å². The van der Waals surface area contributed by atoms with Crippen molar-refractivity contribution in [2.24, 2.45) is 0 Å². The first-order valence-electron chi connectivity index (χ1n) is 5.32. The Labute approximate surface area is 81.4 Å². The van der Waals surface area contributed by atoms with E-state index in [1.807, 2.05) is 0 Å². The molecule has 0 unspecified atom stereocenters. The summed E-state index contributed by atoms with van der Waals surface area (Å²) in [6.07, 6.45) is 2.42. The monoisotopic (exact) mass is 186 g/mol. The van der Waals surface area contributed by atoms with Crippen LogP contribution < -0.4 is 5.32 Å². The number of hydrogen-bond acceptors (Lipinski definition) is 3. The Kier molecular flexibility index (Phi) is 5.35. The predicted molar refractivity (Wildman–Crippen MR) is 54.8 cm³/mol. The van der Waals surface area contributed by atoms with Gasteiger partial charge >= 0.3 is 0 Å². The lowest BCUT2D eigenvalue weighted by molar-refractivity contribution is -0.0135. The van der Waals surface area contributed by atoms with E-state index < -0.39 is 0 Å². The normalized spacial score (nSPS) is 19.6. The van der Waals surface area contributed by atoms with Crippen LogP contribution in [0.25, 0.3) is 0 Å². The Morgan fingerprint density at radius 3 is 2.92 bits per heavy atom.